The molecule has 158 valence electrons. The highest BCUT2D eigenvalue weighted by molar-refractivity contribution is 7.91. The molecule has 0 amide bonds. The van der Waals surface area contributed by atoms with Crippen molar-refractivity contribution in [1.82, 2.24) is 4.98 Å². The van der Waals surface area contributed by atoms with Gasteiger partial charge in [0.1, 0.15) is 11.6 Å². The van der Waals surface area contributed by atoms with E-state index in [4.69, 9.17) is 4.42 Å². The van der Waals surface area contributed by atoms with Gasteiger partial charge in [0, 0.05) is 5.69 Å². The van der Waals surface area contributed by atoms with Crippen LogP contribution in [0.5, 0.6) is 0 Å². The van der Waals surface area contributed by atoms with Crippen LogP contribution >= 0.6 is 0 Å². The van der Waals surface area contributed by atoms with Crippen molar-refractivity contribution in [3.63, 3.8) is 0 Å². The maximum Gasteiger partial charge on any atom is 0.238 e. The van der Waals surface area contributed by atoms with Gasteiger partial charge in [-0.1, -0.05) is 18.2 Å². The average molecular weight is 440 g/mol. The first-order chi connectivity index (χ1) is 14.7. The van der Waals surface area contributed by atoms with Crippen LogP contribution in [-0.2, 0) is 9.84 Å². The monoisotopic (exact) mass is 440 g/mol. The van der Waals surface area contributed by atoms with E-state index in [9.17, 15) is 17.2 Å². The van der Waals surface area contributed by atoms with Crippen LogP contribution < -0.4 is 5.32 Å². The Bertz CT molecular complexity index is 1340. The van der Waals surface area contributed by atoms with Crippen LogP contribution in [0.4, 0.5) is 20.4 Å². The third-order valence-electron chi connectivity index (χ3n) is 4.56. The molecular formula is C23H18F2N2O3S. The topological polar surface area (TPSA) is 72.2 Å². The number of anilines is 2. The second kappa shape index (κ2) is 7.96. The van der Waals surface area contributed by atoms with E-state index >= 15 is 0 Å². The molecule has 1 heterocycles. The molecule has 0 bridgehead atoms. The molecule has 0 fully saturated rings. The van der Waals surface area contributed by atoms with Crippen LogP contribution in [0, 0.1) is 25.5 Å². The Morgan fingerprint density at radius 3 is 2.19 bits per heavy atom. The van der Waals surface area contributed by atoms with Gasteiger partial charge in [-0.3, -0.25) is 0 Å². The zero-order valence-corrected chi connectivity index (χ0v) is 17.5. The molecule has 1 aromatic heterocycles. The van der Waals surface area contributed by atoms with Crippen molar-refractivity contribution in [2.45, 2.75) is 23.8 Å². The number of nitrogens with one attached hydrogen (secondary N) is 1. The summed E-state index contributed by atoms with van der Waals surface area (Å²) in [7, 11) is -4.18. The second-order valence-corrected chi connectivity index (χ2v) is 8.96. The summed E-state index contributed by atoms with van der Waals surface area (Å²) < 4.78 is 59.8. The molecule has 0 aliphatic heterocycles. The fourth-order valence-electron chi connectivity index (χ4n) is 3.22. The van der Waals surface area contributed by atoms with Crippen LogP contribution in [-0.4, -0.2) is 13.4 Å². The highest BCUT2D eigenvalue weighted by Crippen LogP contribution is 2.35. The van der Waals surface area contributed by atoms with Crippen molar-refractivity contribution in [2.24, 2.45) is 0 Å². The van der Waals surface area contributed by atoms with Gasteiger partial charge in [0.15, 0.2) is 0 Å². The smallest absolute Gasteiger partial charge is 0.238 e. The lowest BCUT2D eigenvalue weighted by molar-refractivity contribution is 0.572. The average Bonchev–Trinajstić information content (AvgIpc) is 3.12. The zero-order chi connectivity index (χ0) is 22.2. The Morgan fingerprint density at radius 1 is 0.903 bits per heavy atom. The van der Waals surface area contributed by atoms with Gasteiger partial charge in [-0.05, 0) is 73.5 Å². The molecule has 0 radical (unpaired) electrons. The number of aromatic nitrogens is 1. The molecule has 1 N–H and O–H groups in total. The molecule has 4 aromatic rings. The number of sulfone groups is 1. The van der Waals surface area contributed by atoms with Gasteiger partial charge in [0.05, 0.1) is 10.5 Å². The summed E-state index contributed by atoms with van der Waals surface area (Å²) in [6.45, 7) is 3.80. The summed E-state index contributed by atoms with van der Waals surface area (Å²) >= 11 is 0. The van der Waals surface area contributed by atoms with Gasteiger partial charge in [0.2, 0.25) is 26.6 Å². The van der Waals surface area contributed by atoms with E-state index in [1.54, 1.807) is 6.07 Å². The van der Waals surface area contributed by atoms with Gasteiger partial charge < -0.3 is 9.73 Å². The Kier molecular flexibility index (Phi) is 5.32. The number of aryl methyl sites for hydroxylation is 2. The molecule has 31 heavy (non-hydrogen) atoms. The molecule has 5 nitrogen and oxygen atoms in total. The van der Waals surface area contributed by atoms with E-state index in [0.717, 1.165) is 35.4 Å². The van der Waals surface area contributed by atoms with E-state index in [1.165, 1.54) is 18.2 Å². The largest absolute Gasteiger partial charge is 0.419 e. The van der Waals surface area contributed by atoms with E-state index in [1.807, 2.05) is 32.0 Å². The first-order valence-corrected chi connectivity index (χ1v) is 10.8. The van der Waals surface area contributed by atoms with Crippen LogP contribution in [0.2, 0.25) is 0 Å². The lowest BCUT2D eigenvalue weighted by Gasteiger charge is -2.08. The third kappa shape index (κ3) is 4.20. The molecule has 8 heteroatoms. The molecule has 0 saturated carbocycles. The number of nitrogens with zero attached hydrogens (tertiary/aromatic N) is 1. The molecule has 0 saturated heterocycles. The fraction of sp³-hybridized carbons (Fsp3) is 0.0870. The predicted octanol–water partition coefficient (Wildman–Crippen LogP) is 5.81. The van der Waals surface area contributed by atoms with Gasteiger partial charge in [-0.2, -0.15) is 4.98 Å². The minimum atomic E-state index is -4.18. The second-order valence-electron chi connectivity index (χ2n) is 7.09. The fourth-order valence-corrected chi connectivity index (χ4v) is 4.48. The Labute approximate surface area is 178 Å². The number of halogens is 2. The summed E-state index contributed by atoms with van der Waals surface area (Å²) in [6.07, 6.45) is 0. The van der Waals surface area contributed by atoms with E-state index in [0.29, 0.717) is 5.69 Å². The first kappa shape index (κ1) is 20.7. The van der Waals surface area contributed by atoms with Crippen LogP contribution in [0.1, 0.15) is 11.1 Å². The maximum atomic E-state index is 14.3. The Morgan fingerprint density at radius 2 is 1.55 bits per heavy atom. The summed E-state index contributed by atoms with van der Waals surface area (Å²) in [5, 5.41) is 2.53. The zero-order valence-electron chi connectivity index (χ0n) is 16.7. The third-order valence-corrected chi connectivity index (χ3v) is 6.24. The number of hydrogen-bond donors (Lipinski definition) is 1. The van der Waals surface area contributed by atoms with Gasteiger partial charge >= 0.3 is 0 Å². The molecule has 0 atom stereocenters. The molecule has 4 rings (SSSR count). The number of rotatable bonds is 5. The molecule has 0 aliphatic carbocycles. The summed E-state index contributed by atoms with van der Waals surface area (Å²) in [5.74, 6) is -1.52. The quantitative estimate of drug-likeness (QED) is 0.396. The maximum absolute atomic E-state index is 14.3. The lowest BCUT2D eigenvalue weighted by atomic mass is 10.1. The van der Waals surface area contributed by atoms with Crippen LogP contribution in [0.3, 0.4) is 0 Å². The van der Waals surface area contributed by atoms with Crippen LogP contribution in [0.25, 0.3) is 11.5 Å². The van der Waals surface area contributed by atoms with Crippen molar-refractivity contribution < 1.29 is 21.6 Å². The van der Waals surface area contributed by atoms with Crippen molar-refractivity contribution in [1.29, 1.82) is 0 Å². The normalized spacial score (nSPS) is 11.5. The van der Waals surface area contributed by atoms with Crippen molar-refractivity contribution >= 4 is 21.4 Å². The van der Waals surface area contributed by atoms with Crippen molar-refractivity contribution in [3.8, 4) is 11.5 Å². The molecular weight excluding hydrogens is 422 g/mol. The molecule has 0 aliphatic rings. The lowest BCUT2D eigenvalue weighted by Crippen LogP contribution is -2.06. The Hall–Kier alpha value is -3.52. The SMILES string of the molecule is Cc1cc(C)cc(Nc2oc(-c3ccccc3F)nc2S(=O)(=O)c2ccc(F)cc2)c1. The highest BCUT2D eigenvalue weighted by atomic mass is 32.2. The van der Waals surface area contributed by atoms with Gasteiger partial charge in [0.25, 0.3) is 0 Å². The van der Waals surface area contributed by atoms with E-state index in [-0.39, 0.29) is 22.2 Å². The Balaban J connectivity index is 1.88. The van der Waals surface area contributed by atoms with Crippen LogP contribution in [0.15, 0.2) is 81.1 Å². The standard InChI is InChI=1S/C23H18F2N2O3S/c1-14-11-15(2)13-17(12-14)26-22-23(31(28,29)18-9-7-16(24)8-10-18)27-21(30-22)19-5-3-4-6-20(19)25/h3-13,26H,1-2H3. The minimum Gasteiger partial charge on any atom is -0.419 e. The molecule has 0 spiro atoms. The summed E-state index contributed by atoms with van der Waals surface area (Å²) in [4.78, 5) is 3.94. The van der Waals surface area contributed by atoms with Gasteiger partial charge in [-0.15, -0.1) is 0 Å². The van der Waals surface area contributed by atoms with E-state index in [2.05, 4.69) is 10.3 Å². The number of benzene rings is 3. The summed E-state index contributed by atoms with van der Waals surface area (Å²) in [6, 6.07) is 15.7. The van der Waals surface area contributed by atoms with Gasteiger partial charge in [-0.25, -0.2) is 17.2 Å². The highest BCUT2D eigenvalue weighted by Gasteiger charge is 2.29. The van der Waals surface area contributed by atoms with E-state index < -0.39 is 26.5 Å². The van der Waals surface area contributed by atoms with Crippen molar-refractivity contribution in [3.05, 3.63) is 89.5 Å². The number of hydrogen-bond acceptors (Lipinski definition) is 5. The summed E-state index contributed by atoms with van der Waals surface area (Å²) in [5.41, 5.74) is 2.52. The van der Waals surface area contributed by atoms with Crippen molar-refractivity contribution in [2.75, 3.05) is 5.32 Å². The molecule has 0 unspecified atom stereocenters. The predicted molar refractivity (Wildman–Crippen MR) is 113 cm³/mol. The first-order valence-electron chi connectivity index (χ1n) is 9.36. The minimum absolute atomic E-state index is 0.0199. The molecule has 3 aromatic carbocycles. The number of oxazole rings is 1.